The lowest BCUT2D eigenvalue weighted by molar-refractivity contribution is 0.0869. The molecule has 1 heterocycles. The highest BCUT2D eigenvalue weighted by molar-refractivity contribution is 4.88. The van der Waals surface area contributed by atoms with Gasteiger partial charge in [-0.3, -0.25) is 11.3 Å². The second-order valence-electron chi connectivity index (χ2n) is 7.11. The molecule has 3 N–H and O–H groups in total. The Balaban J connectivity index is 1.90. The number of nitrogens with one attached hydrogen (secondary N) is 1. The van der Waals surface area contributed by atoms with Gasteiger partial charge in [-0.05, 0) is 45.2 Å². The van der Waals surface area contributed by atoms with Crippen LogP contribution in [0.25, 0.3) is 0 Å². The van der Waals surface area contributed by atoms with Gasteiger partial charge in [0.15, 0.2) is 0 Å². The number of hydrazine groups is 1. The lowest BCUT2D eigenvalue weighted by Crippen LogP contribution is -2.54. The molecule has 0 aromatic carbocycles. The molecule has 4 atom stereocenters. The van der Waals surface area contributed by atoms with Crippen LogP contribution in [0.15, 0.2) is 0 Å². The molecule has 20 heavy (non-hydrogen) atoms. The first-order valence-corrected chi connectivity index (χ1v) is 8.49. The van der Waals surface area contributed by atoms with Crippen molar-refractivity contribution < 1.29 is 0 Å². The molecule has 0 aromatic rings. The zero-order valence-electron chi connectivity index (χ0n) is 13.6. The third-order valence-corrected chi connectivity index (χ3v) is 5.69. The molecule has 4 unspecified atom stereocenters. The van der Waals surface area contributed by atoms with Crippen LogP contribution in [-0.2, 0) is 0 Å². The fraction of sp³-hybridized carbons (Fsp3) is 1.00. The van der Waals surface area contributed by atoms with Crippen LogP contribution in [0.3, 0.4) is 0 Å². The monoisotopic (exact) mass is 282 g/mol. The molecule has 1 saturated carbocycles. The topological polar surface area (TPSA) is 44.5 Å². The van der Waals surface area contributed by atoms with Crippen molar-refractivity contribution in [3.05, 3.63) is 0 Å². The van der Waals surface area contributed by atoms with Crippen molar-refractivity contribution in [2.45, 2.75) is 57.5 Å². The molecule has 1 saturated heterocycles. The summed E-state index contributed by atoms with van der Waals surface area (Å²) in [5.74, 6) is 7.61. The molecule has 118 valence electrons. The van der Waals surface area contributed by atoms with Gasteiger partial charge in [0.05, 0.1) is 0 Å². The maximum atomic E-state index is 5.91. The van der Waals surface area contributed by atoms with E-state index in [1.165, 1.54) is 58.2 Å². The van der Waals surface area contributed by atoms with Gasteiger partial charge in [-0.1, -0.05) is 26.2 Å². The van der Waals surface area contributed by atoms with Gasteiger partial charge in [-0.2, -0.15) is 0 Å². The zero-order chi connectivity index (χ0) is 14.5. The highest BCUT2D eigenvalue weighted by atomic mass is 15.3. The van der Waals surface area contributed by atoms with E-state index in [9.17, 15) is 0 Å². The summed E-state index contributed by atoms with van der Waals surface area (Å²) in [6, 6.07) is 1.14. The van der Waals surface area contributed by atoms with Crippen molar-refractivity contribution in [1.29, 1.82) is 0 Å². The molecule has 0 amide bonds. The molecule has 0 spiro atoms. The summed E-state index contributed by atoms with van der Waals surface area (Å²) in [7, 11) is 4.50. The zero-order valence-corrected chi connectivity index (χ0v) is 13.6. The molecule has 2 rings (SSSR count). The van der Waals surface area contributed by atoms with Gasteiger partial charge in [-0.15, -0.1) is 0 Å². The van der Waals surface area contributed by atoms with Crippen molar-refractivity contribution in [1.82, 2.24) is 15.2 Å². The van der Waals surface area contributed by atoms with Gasteiger partial charge in [0.1, 0.15) is 0 Å². The fourth-order valence-corrected chi connectivity index (χ4v) is 4.11. The summed E-state index contributed by atoms with van der Waals surface area (Å²) < 4.78 is 0. The summed E-state index contributed by atoms with van der Waals surface area (Å²) >= 11 is 0. The molecule has 4 heteroatoms. The molecule has 0 bridgehead atoms. The normalized spacial score (nSPS) is 35.1. The summed E-state index contributed by atoms with van der Waals surface area (Å²) in [6.45, 7) is 5.89. The number of nitrogens with zero attached hydrogens (tertiary/aromatic N) is 2. The maximum Gasteiger partial charge on any atom is 0.0254 e. The van der Waals surface area contributed by atoms with E-state index in [1.54, 1.807) is 0 Å². The van der Waals surface area contributed by atoms with Gasteiger partial charge in [-0.25, -0.2) is 0 Å². The van der Waals surface area contributed by atoms with Gasteiger partial charge >= 0.3 is 0 Å². The molecule has 1 aliphatic carbocycles. The summed E-state index contributed by atoms with van der Waals surface area (Å²) in [5, 5.41) is 0. The summed E-state index contributed by atoms with van der Waals surface area (Å²) in [4.78, 5) is 4.97. The van der Waals surface area contributed by atoms with E-state index in [-0.39, 0.29) is 0 Å². The number of hydrogen-bond acceptors (Lipinski definition) is 4. The van der Waals surface area contributed by atoms with E-state index in [4.69, 9.17) is 5.84 Å². The predicted octanol–water partition coefficient (Wildman–Crippen LogP) is 1.67. The van der Waals surface area contributed by atoms with Crippen LogP contribution in [0.2, 0.25) is 0 Å². The molecule has 4 nitrogen and oxygen atoms in total. The largest absolute Gasteiger partial charge is 0.304 e. The smallest absolute Gasteiger partial charge is 0.0254 e. The average Bonchev–Trinajstić information content (AvgIpc) is 2.48. The Morgan fingerprint density at radius 2 is 2.05 bits per heavy atom. The Morgan fingerprint density at radius 3 is 2.75 bits per heavy atom. The van der Waals surface area contributed by atoms with Gasteiger partial charge in [0.2, 0.25) is 0 Å². The Hall–Kier alpha value is -0.160. The maximum absolute atomic E-state index is 5.91. The Labute approximate surface area is 125 Å². The fourth-order valence-electron chi connectivity index (χ4n) is 4.11. The predicted molar refractivity (Wildman–Crippen MR) is 85.4 cm³/mol. The highest BCUT2D eigenvalue weighted by Gasteiger charge is 2.31. The van der Waals surface area contributed by atoms with E-state index in [2.05, 4.69) is 36.2 Å². The quantitative estimate of drug-likeness (QED) is 0.595. The minimum Gasteiger partial charge on any atom is -0.304 e. The summed E-state index contributed by atoms with van der Waals surface area (Å²) in [5.41, 5.74) is 3.15. The van der Waals surface area contributed by atoms with Crippen LogP contribution in [0.5, 0.6) is 0 Å². The number of nitrogens with two attached hydrogens (primary N) is 1. The van der Waals surface area contributed by atoms with Crippen LogP contribution in [0, 0.1) is 11.8 Å². The van der Waals surface area contributed by atoms with Crippen LogP contribution < -0.4 is 11.3 Å². The second kappa shape index (κ2) is 7.74. The number of hydrogen-bond donors (Lipinski definition) is 2. The molecule has 2 fully saturated rings. The first-order chi connectivity index (χ1) is 9.63. The van der Waals surface area contributed by atoms with Crippen molar-refractivity contribution >= 4 is 0 Å². The molecule has 0 radical (unpaired) electrons. The lowest BCUT2D eigenvalue weighted by atomic mass is 9.75. The van der Waals surface area contributed by atoms with Crippen molar-refractivity contribution in [3.8, 4) is 0 Å². The molecular formula is C16H34N4. The first-order valence-electron chi connectivity index (χ1n) is 8.49. The molecular weight excluding hydrogens is 248 g/mol. The van der Waals surface area contributed by atoms with Crippen molar-refractivity contribution in [2.24, 2.45) is 17.7 Å². The van der Waals surface area contributed by atoms with Crippen LogP contribution in [-0.4, -0.2) is 55.6 Å². The van der Waals surface area contributed by atoms with E-state index in [0.29, 0.717) is 12.1 Å². The van der Waals surface area contributed by atoms with Crippen LogP contribution >= 0.6 is 0 Å². The number of rotatable bonds is 5. The second-order valence-corrected chi connectivity index (χ2v) is 7.11. The Morgan fingerprint density at radius 1 is 1.25 bits per heavy atom. The molecule has 0 aromatic heterocycles. The van der Waals surface area contributed by atoms with Gasteiger partial charge in [0, 0.05) is 31.7 Å². The SMILES string of the molecule is CCC1CCCC(C(CC2CN(C)CCN2C)NN)C1. The molecule has 1 aliphatic heterocycles. The standard InChI is InChI=1S/C16H34N4/c1-4-13-6-5-7-14(10-13)16(18-17)11-15-12-19(2)8-9-20(15)3/h13-16,18H,4-12,17H2,1-3H3. The van der Waals surface area contributed by atoms with Gasteiger partial charge in [0.25, 0.3) is 0 Å². The van der Waals surface area contributed by atoms with E-state index in [0.717, 1.165) is 11.8 Å². The van der Waals surface area contributed by atoms with E-state index in [1.807, 2.05) is 0 Å². The van der Waals surface area contributed by atoms with Crippen molar-refractivity contribution in [3.63, 3.8) is 0 Å². The van der Waals surface area contributed by atoms with Crippen LogP contribution in [0.1, 0.15) is 45.4 Å². The van der Waals surface area contributed by atoms with Gasteiger partial charge < -0.3 is 9.80 Å². The van der Waals surface area contributed by atoms with E-state index >= 15 is 0 Å². The third kappa shape index (κ3) is 4.17. The first kappa shape index (κ1) is 16.2. The van der Waals surface area contributed by atoms with Crippen molar-refractivity contribution in [2.75, 3.05) is 33.7 Å². The molecule has 2 aliphatic rings. The Kier molecular flexibility index (Phi) is 6.27. The van der Waals surface area contributed by atoms with E-state index < -0.39 is 0 Å². The number of piperazine rings is 1. The highest BCUT2D eigenvalue weighted by Crippen LogP contribution is 2.34. The van der Waals surface area contributed by atoms with Crippen LogP contribution in [0.4, 0.5) is 0 Å². The lowest BCUT2D eigenvalue weighted by Gasteiger charge is -2.41. The summed E-state index contributed by atoms with van der Waals surface area (Å²) in [6.07, 6.45) is 8.08. The average molecular weight is 282 g/mol. The number of likely N-dealkylation sites (N-methyl/N-ethyl adjacent to an activating group) is 2. The minimum atomic E-state index is 0.489. The Bertz CT molecular complexity index is 284. The third-order valence-electron chi connectivity index (χ3n) is 5.69. The minimum absolute atomic E-state index is 0.489.